The van der Waals surface area contributed by atoms with Crippen LogP contribution in [-0.4, -0.2) is 216 Å². The fraction of sp³-hybridized carbons (Fsp3) is 0.639. The van der Waals surface area contributed by atoms with Gasteiger partial charge in [-0.25, -0.2) is 33.3 Å². The van der Waals surface area contributed by atoms with Crippen LogP contribution >= 0.6 is 78.7 Å². The van der Waals surface area contributed by atoms with Gasteiger partial charge in [0.1, 0.15) is 79.4 Å². The van der Waals surface area contributed by atoms with E-state index in [2.05, 4.69) is 92.9 Å². The number of nitrogens with one attached hydrogen (secondary N) is 4. The highest BCUT2D eigenvalue weighted by Crippen LogP contribution is 2.61. The van der Waals surface area contributed by atoms with Crippen LogP contribution in [0.1, 0.15) is 89.1 Å². The number of anilines is 3. The summed E-state index contributed by atoms with van der Waals surface area (Å²) in [7, 11) is 0. The normalized spacial score (nSPS) is 27.0. The summed E-state index contributed by atoms with van der Waals surface area (Å²) in [5, 5.41) is 13.0. The number of nitrogen functional groups attached to an aromatic ring is 3. The van der Waals surface area contributed by atoms with Gasteiger partial charge >= 0.3 is 43.1 Å². The van der Waals surface area contributed by atoms with Gasteiger partial charge in [-0.15, -0.1) is 0 Å². The summed E-state index contributed by atoms with van der Waals surface area (Å²) in [5.41, 5.74) is 13.8. The number of aromatic nitrogens is 12. The van der Waals surface area contributed by atoms with Crippen molar-refractivity contribution in [3.63, 3.8) is 0 Å². The molecule has 11 heterocycles. The fourth-order valence-corrected chi connectivity index (χ4v) is 20.5. The van der Waals surface area contributed by atoms with Gasteiger partial charge in [-0.3, -0.25) is 75.1 Å². The average molecular weight is 1870 g/mol. The monoisotopic (exact) mass is 1870 g/mol. The van der Waals surface area contributed by atoms with E-state index in [1.54, 1.807) is 0 Å². The molecule has 642 valence electrons. The van der Waals surface area contributed by atoms with Gasteiger partial charge in [-0.2, -0.15) is 15.0 Å². The molecule has 0 bridgehead atoms. The Labute approximate surface area is 692 Å². The molecule has 5 saturated heterocycles. The zero-order valence-corrected chi connectivity index (χ0v) is 71.5. The molecule has 1 amide bonds. The number of thiol groups is 3. The average Bonchev–Trinajstić information content (AvgIpc) is 1.63. The number of hydrogen-bond donors (Lipinski definition) is 12. The van der Waals surface area contributed by atoms with Gasteiger partial charge in [0.25, 0.3) is 16.7 Å². The zero-order valence-electron chi connectivity index (χ0n) is 62.1. The standard InChI is InChI=1S/C61H88BrN17O28P4S5/c1-31(2)33-18-47(75-9-4-44(64)69-58(75)85)100-40(33)26-97-110(114,94-17-16-93-15-14-92-13-8-67-46(81)6-11-91-12-7-63)106-37-21-49(77-23-32(3)54(82)73-60(77)87)102-41(37)27-95-109(90,113)105-36-20-51(79-30-68-52-53(79)71-57(66)72-56(52)84)103-43(36)29-98-111(115,116)107-38-22-48(76-10-5-45(65)70-59(76)86)101-42(38)28-96-108(89,112)104-35-19-50(99-39(35)25-80)78-24-34(62)55(83)74-61(78)88/h4-5,9-10,23-24,30-31,33,35-43,47-51,80H,6-8,11-22,25-29,63H2,1-3H3,(H,67,81)(H,89,112)(H,90,113)(H,115,116)(H2,64,69,85)(H2,65,70,86)(H,73,82,87)(H,74,83,88)(H3,66,71,72,84)/t33-,35+,36+,37+,38+,39+,40+,41+,42+,43+,47+,48+,49+,50+,51+,108?,109?,110?/m0/s1. The number of rotatable bonds is 42. The summed E-state index contributed by atoms with van der Waals surface area (Å²) in [6.45, 7) is -9.53. The van der Waals surface area contributed by atoms with Gasteiger partial charge in [-0.05, 0) is 76.9 Å². The van der Waals surface area contributed by atoms with Crippen molar-refractivity contribution < 1.29 is 97.6 Å². The van der Waals surface area contributed by atoms with Crippen LogP contribution in [0.3, 0.4) is 0 Å². The number of amides is 1. The molecule has 5 aliphatic rings. The lowest BCUT2D eigenvalue weighted by Crippen LogP contribution is -2.33. The van der Waals surface area contributed by atoms with Crippen LogP contribution in [0.5, 0.6) is 0 Å². The van der Waals surface area contributed by atoms with E-state index in [1.807, 2.05) is 13.8 Å². The zero-order chi connectivity index (χ0) is 83.6. The molecule has 116 heavy (non-hydrogen) atoms. The van der Waals surface area contributed by atoms with Gasteiger partial charge < -0.3 is 93.9 Å². The predicted molar refractivity (Wildman–Crippen MR) is 431 cm³/mol. The molecule has 5 aliphatic heterocycles. The second kappa shape index (κ2) is 40.7. The molecule has 13 N–H and O–H groups in total. The third-order valence-corrected chi connectivity index (χ3v) is 27.1. The van der Waals surface area contributed by atoms with Gasteiger partial charge in [-0.1, -0.05) is 50.6 Å². The number of fused-ring (bicyclic) bond motifs is 1. The maximum Gasteiger partial charge on any atom is 0.386 e. The Balaban J connectivity index is 0.801. The maximum absolute atomic E-state index is 15.0. The number of hydrogen-bond acceptors (Lipinski definition) is 38. The van der Waals surface area contributed by atoms with E-state index in [0.717, 1.165) is 13.7 Å². The highest BCUT2D eigenvalue weighted by atomic mass is 79.9. The van der Waals surface area contributed by atoms with Crippen LogP contribution in [0.25, 0.3) is 11.2 Å². The highest BCUT2D eigenvalue weighted by Gasteiger charge is 2.49. The lowest BCUT2D eigenvalue weighted by molar-refractivity contribution is -0.122. The minimum Gasteiger partial charge on any atom is -0.394 e. The van der Waals surface area contributed by atoms with E-state index in [-0.39, 0.29) is 141 Å². The molecule has 55 heteroatoms. The van der Waals surface area contributed by atoms with E-state index in [0.29, 0.717) is 19.6 Å². The predicted octanol–water partition coefficient (Wildman–Crippen LogP) is 1.85. The molecule has 5 fully saturated rings. The lowest BCUT2D eigenvalue weighted by Gasteiger charge is -2.30. The van der Waals surface area contributed by atoms with Gasteiger partial charge in [0.05, 0.1) is 108 Å². The van der Waals surface area contributed by atoms with Gasteiger partial charge in [0.15, 0.2) is 11.2 Å². The Hall–Kier alpha value is -5.13. The summed E-state index contributed by atoms with van der Waals surface area (Å²) < 4.78 is 140. The van der Waals surface area contributed by atoms with Gasteiger partial charge in [0, 0.05) is 75.5 Å². The molecule has 45 nitrogen and oxygen atoms in total. The first-order valence-electron chi connectivity index (χ1n) is 35.9. The van der Waals surface area contributed by atoms with Crippen molar-refractivity contribution in [3.05, 3.63) is 126 Å². The number of halogens is 1. The first-order valence-corrected chi connectivity index (χ1v) is 48.5. The molecule has 0 aromatic carbocycles. The Morgan fingerprint density at radius 3 is 1.68 bits per heavy atom. The number of aliphatic hydroxyl groups is 1. The van der Waals surface area contributed by atoms with E-state index in [4.69, 9.17) is 125 Å². The highest BCUT2D eigenvalue weighted by molar-refractivity contribution is 9.10. The van der Waals surface area contributed by atoms with Crippen molar-refractivity contribution in [2.75, 3.05) is 110 Å². The molecule has 0 saturated carbocycles. The minimum atomic E-state index is -4.74. The van der Waals surface area contributed by atoms with Crippen molar-refractivity contribution in [1.29, 1.82) is 0 Å². The second-order valence-electron chi connectivity index (χ2n) is 27.1. The number of nitrogens with zero attached hydrogens (tertiary/aromatic N) is 9. The Kier molecular flexibility index (Phi) is 32.1. The van der Waals surface area contributed by atoms with Crippen molar-refractivity contribution in [1.82, 2.24) is 63.0 Å². The fourth-order valence-electron chi connectivity index (χ4n) is 13.0. The van der Waals surface area contributed by atoms with Crippen molar-refractivity contribution >= 4 is 137 Å². The number of carbonyl (C=O) groups is 1. The Bertz CT molecular complexity index is 5090. The number of carbonyl (C=O) groups excluding carboxylic acids is 1. The number of H-pyrrole nitrogens is 3. The quantitative estimate of drug-likeness (QED) is 0.0148. The molecule has 0 aliphatic carbocycles. The summed E-state index contributed by atoms with van der Waals surface area (Å²) in [4.78, 5) is 126. The van der Waals surface area contributed by atoms with Crippen molar-refractivity contribution in [3.8, 4) is 0 Å². The Morgan fingerprint density at radius 2 is 1.09 bits per heavy atom. The molecule has 19 atom stereocenters. The summed E-state index contributed by atoms with van der Waals surface area (Å²) in [6, 6.07) is 2.80. The van der Waals surface area contributed by atoms with Crippen LogP contribution in [0.15, 0.2) is 81.3 Å². The molecule has 4 unspecified atom stereocenters. The molecule has 11 rings (SSSR count). The largest absolute Gasteiger partial charge is 0.394 e. The van der Waals surface area contributed by atoms with Crippen LogP contribution in [0.2, 0.25) is 0 Å². The third-order valence-electron chi connectivity index (χ3n) is 18.6. The lowest BCUT2D eigenvalue weighted by atomic mass is 9.89. The number of aromatic amines is 3. The minimum absolute atomic E-state index is 0.00724. The molecule has 6 aromatic rings. The van der Waals surface area contributed by atoms with Gasteiger partial charge in [0.2, 0.25) is 17.5 Å². The summed E-state index contributed by atoms with van der Waals surface area (Å²) in [5.74, 6) is -0.841. The smallest absolute Gasteiger partial charge is 0.386 e. The number of nitrogens with two attached hydrogens (primary N) is 4. The number of ether oxygens (including phenoxy) is 8. The van der Waals surface area contributed by atoms with Crippen LogP contribution in [0.4, 0.5) is 17.6 Å². The summed E-state index contributed by atoms with van der Waals surface area (Å²) >= 11 is 28.5. The molecular weight excluding hydrogens is 1780 g/mol. The molecule has 0 radical (unpaired) electrons. The van der Waals surface area contributed by atoms with Crippen molar-refractivity contribution in [2.24, 2.45) is 17.6 Å². The van der Waals surface area contributed by atoms with E-state index >= 15 is 4.57 Å². The van der Waals surface area contributed by atoms with Crippen LogP contribution < -0.4 is 67.7 Å². The SMILES string of the molecule is Cc1cn([C@H]2C[C@@H](OP(=S)(OCCOCCOCCNC(=O)CCOCCN)OC[C@H]3O[C@@H](n4ccc(N)nc4=O)C[C@H]3C(C)C)[C@@H](COP(=O)(S)O[C@@H]3C[C@H](n4cnc5c(=O)[nH]c(N)nc54)O[C@@H]3COP(=S)(S)O[C@@H]3C[C@H](n4ccc(N)nc4=O)O[C@@H]3COP(=O)(S)O[C@@H]3C[C@H](n4cc(Br)c(=O)[nH]c4=O)O[C@@H]3CO)O2)c(=O)[nH]c1=O. The molecular formula is C61H88BrN17O28P4S5. The topological polar surface area (TPSA) is 588 Å². The van der Waals surface area contributed by atoms with Crippen molar-refractivity contribution in [2.45, 2.75) is 145 Å². The van der Waals surface area contributed by atoms with E-state index in [1.165, 1.54) is 59.3 Å². The molecule has 0 spiro atoms. The summed E-state index contributed by atoms with van der Waals surface area (Å²) in [6.07, 6.45) is -10.2. The second-order valence-corrected chi connectivity index (χ2v) is 41.9. The van der Waals surface area contributed by atoms with E-state index < -0.39 is 178 Å². The number of aryl methyl sites for hydroxylation is 1. The third kappa shape index (κ3) is 24.4. The van der Waals surface area contributed by atoms with Crippen LogP contribution in [0, 0.1) is 18.8 Å². The van der Waals surface area contributed by atoms with Crippen LogP contribution in [-0.2, 0) is 116 Å². The number of aliphatic hydroxyl groups excluding tert-OH is 1. The Morgan fingerprint density at radius 1 is 0.603 bits per heavy atom. The number of imidazole rings is 1. The first-order chi connectivity index (χ1) is 55.1. The molecule has 6 aromatic heterocycles. The van der Waals surface area contributed by atoms with E-state index in [9.17, 15) is 48.0 Å². The first kappa shape index (κ1) is 91.6. The maximum atomic E-state index is 15.0.